The minimum absolute atomic E-state index is 0.0140. The fourth-order valence-corrected chi connectivity index (χ4v) is 1.84. The van der Waals surface area contributed by atoms with Crippen molar-refractivity contribution in [3.8, 4) is 0 Å². The number of nitrogens with zero attached hydrogens (tertiary/aromatic N) is 2. The average Bonchev–Trinajstić information content (AvgIpc) is 2.23. The molecule has 0 bridgehead atoms. The second-order valence-corrected chi connectivity index (χ2v) is 3.71. The Morgan fingerprint density at radius 1 is 1.57 bits per heavy atom. The van der Waals surface area contributed by atoms with E-state index >= 15 is 0 Å². The first kappa shape index (κ1) is 9.40. The van der Waals surface area contributed by atoms with E-state index in [9.17, 15) is 4.79 Å². The van der Waals surface area contributed by atoms with E-state index in [1.54, 1.807) is 17.0 Å². The van der Waals surface area contributed by atoms with Gasteiger partial charge in [-0.25, -0.2) is 0 Å². The van der Waals surface area contributed by atoms with Gasteiger partial charge in [0.2, 0.25) is 0 Å². The Morgan fingerprint density at radius 3 is 3.21 bits per heavy atom. The van der Waals surface area contributed by atoms with Gasteiger partial charge in [0.25, 0.3) is 5.56 Å². The molecule has 4 heteroatoms. The second-order valence-electron chi connectivity index (χ2n) is 3.71. The number of piperidine rings is 1. The van der Waals surface area contributed by atoms with Gasteiger partial charge in [-0.3, -0.25) is 9.78 Å². The van der Waals surface area contributed by atoms with Crippen molar-refractivity contribution in [1.82, 2.24) is 14.9 Å². The van der Waals surface area contributed by atoms with Gasteiger partial charge >= 0.3 is 0 Å². The van der Waals surface area contributed by atoms with Crippen LogP contribution in [-0.4, -0.2) is 22.1 Å². The van der Waals surface area contributed by atoms with Crippen molar-refractivity contribution in [2.75, 3.05) is 6.54 Å². The second kappa shape index (κ2) is 4.37. The Bertz CT molecular complexity index is 341. The minimum Gasteiger partial charge on any atom is -0.312 e. The topological polar surface area (TPSA) is 46.9 Å². The summed E-state index contributed by atoms with van der Waals surface area (Å²) in [6.45, 7) is 1.84. The number of hydrogen-bond acceptors (Lipinski definition) is 3. The minimum atomic E-state index is -0.0140. The first-order valence-corrected chi connectivity index (χ1v) is 5.10. The largest absolute Gasteiger partial charge is 0.312 e. The summed E-state index contributed by atoms with van der Waals surface area (Å²) in [5.74, 6) is 0. The van der Waals surface area contributed by atoms with Crippen molar-refractivity contribution in [1.29, 1.82) is 0 Å². The number of aromatic nitrogens is 2. The van der Waals surface area contributed by atoms with Crippen LogP contribution < -0.4 is 10.9 Å². The molecule has 1 aliphatic rings. The van der Waals surface area contributed by atoms with E-state index in [1.165, 1.54) is 19.0 Å². The molecule has 0 saturated carbocycles. The van der Waals surface area contributed by atoms with Crippen molar-refractivity contribution >= 4 is 0 Å². The van der Waals surface area contributed by atoms with Crippen LogP contribution in [0.2, 0.25) is 0 Å². The Morgan fingerprint density at radius 2 is 2.50 bits per heavy atom. The maximum atomic E-state index is 11.4. The molecule has 4 nitrogen and oxygen atoms in total. The first-order valence-electron chi connectivity index (χ1n) is 5.10. The van der Waals surface area contributed by atoms with Crippen molar-refractivity contribution in [3.63, 3.8) is 0 Å². The normalized spacial score (nSPS) is 22.1. The van der Waals surface area contributed by atoms with Gasteiger partial charge in [0.1, 0.15) is 0 Å². The molecule has 14 heavy (non-hydrogen) atoms. The molecule has 1 unspecified atom stereocenters. The van der Waals surface area contributed by atoms with Crippen molar-refractivity contribution in [2.24, 2.45) is 0 Å². The number of rotatable bonds is 2. The van der Waals surface area contributed by atoms with E-state index in [-0.39, 0.29) is 5.56 Å². The molecule has 0 radical (unpaired) electrons. The fraction of sp³-hybridized carbons (Fsp3) is 0.600. The van der Waals surface area contributed by atoms with E-state index in [1.807, 2.05) is 0 Å². The SMILES string of the molecule is O=c1cnccn1CC1CCCCN1. The maximum absolute atomic E-state index is 11.4. The Balaban J connectivity index is 2.03. The van der Waals surface area contributed by atoms with Crippen LogP contribution in [0.4, 0.5) is 0 Å². The maximum Gasteiger partial charge on any atom is 0.269 e. The van der Waals surface area contributed by atoms with E-state index in [4.69, 9.17) is 0 Å². The zero-order valence-electron chi connectivity index (χ0n) is 8.15. The van der Waals surface area contributed by atoms with Crippen LogP contribution in [0.3, 0.4) is 0 Å². The molecule has 0 aliphatic carbocycles. The van der Waals surface area contributed by atoms with E-state index in [0.29, 0.717) is 6.04 Å². The summed E-state index contributed by atoms with van der Waals surface area (Å²) in [6.07, 6.45) is 8.44. The van der Waals surface area contributed by atoms with Crippen LogP contribution in [-0.2, 0) is 6.54 Å². The lowest BCUT2D eigenvalue weighted by atomic mass is 10.1. The fourth-order valence-electron chi connectivity index (χ4n) is 1.84. The molecule has 1 aromatic heterocycles. The molecule has 1 fully saturated rings. The monoisotopic (exact) mass is 193 g/mol. The molecular weight excluding hydrogens is 178 g/mol. The van der Waals surface area contributed by atoms with E-state index in [0.717, 1.165) is 19.5 Å². The van der Waals surface area contributed by atoms with Gasteiger partial charge in [-0.2, -0.15) is 0 Å². The van der Waals surface area contributed by atoms with Gasteiger partial charge in [-0.15, -0.1) is 0 Å². The van der Waals surface area contributed by atoms with Gasteiger partial charge in [-0.1, -0.05) is 6.42 Å². The van der Waals surface area contributed by atoms with Crippen LogP contribution in [0.15, 0.2) is 23.4 Å². The van der Waals surface area contributed by atoms with E-state index < -0.39 is 0 Å². The van der Waals surface area contributed by atoms with Crippen molar-refractivity contribution in [3.05, 3.63) is 28.9 Å². The molecule has 0 amide bonds. The van der Waals surface area contributed by atoms with Crippen molar-refractivity contribution in [2.45, 2.75) is 31.8 Å². The highest BCUT2D eigenvalue weighted by Crippen LogP contribution is 2.07. The molecule has 2 heterocycles. The van der Waals surface area contributed by atoms with E-state index in [2.05, 4.69) is 10.3 Å². The molecule has 0 aromatic carbocycles. The molecule has 1 aromatic rings. The van der Waals surface area contributed by atoms with Gasteiger partial charge in [0, 0.05) is 25.0 Å². The molecule has 0 spiro atoms. The van der Waals surface area contributed by atoms with Crippen LogP contribution in [0, 0.1) is 0 Å². The standard InChI is InChI=1S/C10H15N3O/c14-10-7-11-5-6-13(10)8-9-3-1-2-4-12-9/h5-7,9,12H,1-4,8H2. The number of hydrogen-bond donors (Lipinski definition) is 1. The molecule has 1 aliphatic heterocycles. The van der Waals surface area contributed by atoms with Gasteiger partial charge in [0.15, 0.2) is 0 Å². The highest BCUT2D eigenvalue weighted by atomic mass is 16.1. The highest BCUT2D eigenvalue weighted by Gasteiger charge is 2.12. The van der Waals surface area contributed by atoms with Gasteiger partial charge in [0.05, 0.1) is 6.20 Å². The smallest absolute Gasteiger partial charge is 0.269 e. The quantitative estimate of drug-likeness (QED) is 0.739. The summed E-state index contributed by atoms with van der Waals surface area (Å²) in [7, 11) is 0. The lowest BCUT2D eigenvalue weighted by Crippen LogP contribution is -2.39. The molecular formula is C10H15N3O. The molecule has 1 atom stereocenters. The highest BCUT2D eigenvalue weighted by molar-refractivity contribution is 4.83. The number of nitrogens with one attached hydrogen (secondary N) is 1. The summed E-state index contributed by atoms with van der Waals surface area (Å²) in [6, 6.07) is 0.448. The lowest BCUT2D eigenvalue weighted by Gasteiger charge is -2.23. The third-order valence-corrected chi connectivity index (χ3v) is 2.63. The third kappa shape index (κ3) is 2.20. The third-order valence-electron chi connectivity index (χ3n) is 2.63. The lowest BCUT2D eigenvalue weighted by molar-refractivity contribution is 0.359. The van der Waals surface area contributed by atoms with Crippen LogP contribution in [0.1, 0.15) is 19.3 Å². The Labute approximate surface area is 83.0 Å². The van der Waals surface area contributed by atoms with Crippen LogP contribution in [0.25, 0.3) is 0 Å². The first-order chi connectivity index (χ1) is 6.86. The Kier molecular flexibility index (Phi) is 2.93. The summed E-state index contributed by atoms with van der Waals surface area (Å²) in [5.41, 5.74) is -0.0140. The zero-order chi connectivity index (χ0) is 9.80. The molecule has 76 valence electrons. The van der Waals surface area contributed by atoms with Crippen LogP contribution in [0.5, 0.6) is 0 Å². The summed E-state index contributed by atoms with van der Waals surface area (Å²) in [4.78, 5) is 15.1. The summed E-state index contributed by atoms with van der Waals surface area (Å²) >= 11 is 0. The predicted molar refractivity (Wildman–Crippen MR) is 54.1 cm³/mol. The molecule has 1 saturated heterocycles. The van der Waals surface area contributed by atoms with Gasteiger partial charge in [-0.05, 0) is 19.4 Å². The Hall–Kier alpha value is -1.16. The summed E-state index contributed by atoms with van der Waals surface area (Å²) < 4.78 is 1.72. The zero-order valence-corrected chi connectivity index (χ0v) is 8.15. The summed E-state index contributed by atoms with van der Waals surface area (Å²) in [5, 5.41) is 3.41. The van der Waals surface area contributed by atoms with Gasteiger partial charge < -0.3 is 9.88 Å². The van der Waals surface area contributed by atoms with Crippen LogP contribution >= 0.6 is 0 Å². The molecule has 1 N–H and O–H groups in total. The molecule has 2 rings (SSSR count). The predicted octanol–water partition coefficient (Wildman–Crippen LogP) is 0.385. The van der Waals surface area contributed by atoms with Crippen molar-refractivity contribution < 1.29 is 0 Å². The average molecular weight is 193 g/mol.